The van der Waals surface area contributed by atoms with Crippen LogP contribution in [0.2, 0.25) is 5.02 Å². The molecule has 0 saturated carbocycles. The molecule has 1 aliphatic rings. The molecule has 1 aliphatic heterocycles. The highest BCUT2D eigenvalue weighted by molar-refractivity contribution is 7.89. The zero-order valence-electron chi connectivity index (χ0n) is 17.0. The molecule has 6 nitrogen and oxygen atoms in total. The first-order valence-corrected chi connectivity index (χ1v) is 11.8. The molecule has 4 rings (SSSR count). The SMILES string of the molecule is Cc1ccccc1-c1noc(CC2CCCN(S(=O)(=O)c3cccc(Cl)c3C)C2)n1. The molecular formula is C22H24ClN3O3S. The van der Waals surface area contributed by atoms with E-state index in [4.69, 9.17) is 16.1 Å². The highest BCUT2D eigenvalue weighted by Crippen LogP contribution is 2.30. The summed E-state index contributed by atoms with van der Waals surface area (Å²) in [5.74, 6) is 1.23. The van der Waals surface area contributed by atoms with Gasteiger partial charge in [0.2, 0.25) is 21.7 Å². The van der Waals surface area contributed by atoms with Crippen LogP contribution in [0, 0.1) is 19.8 Å². The molecule has 158 valence electrons. The number of hydrogen-bond acceptors (Lipinski definition) is 5. The summed E-state index contributed by atoms with van der Waals surface area (Å²) in [4.78, 5) is 4.82. The Balaban J connectivity index is 1.50. The molecule has 1 fully saturated rings. The van der Waals surface area contributed by atoms with Gasteiger partial charge in [-0.1, -0.05) is 47.1 Å². The van der Waals surface area contributed by atoms with Gasteiger partial charge in [0.15, 0.2) is 0 Å². The molecule has 1 saturated heterocycles. The van der Waals surface area contributed by atoms with Gasteiger partial charge in [0.05, 0.1) is 4.90 Å². The van der Waals surface area contributed by atoms with E-state index in [-0.39, 0.29) is 10.8 Å². The summed E-state index contributed by atoms with van der Waals surface area (Å²) >= 11 is 6.15. The predicted octanol–water partition coefficient (Wildman–Crippen LogP) is 4.65. The van der Waals surface area contributed by atoms with Gasteiger partial charge in [-0.05, 0) is 55.9 Å². The van der Waals surface area contributed by atoms with Crippen LogP contribution in [0.4, 0.5) is 0 Å². The van der Waals surface area contributed by atoms with Gasteiger partial charge in [0.1, 0.15) is 0 Å². The lowest BCUT2D eigenvalue weighted by Crippen LogP contribution is -2.40. The van der Waals surface area contributed by atoms with E-state index in [9.17, 15) is 8.42 Å². The van der Waals surface area contributed by atoms with Crippen LogP contribution in [-0.4, -0.2) is 36.0 Å². The van der Waals surface area contributed by atoms with Gasteiger partial charge in [0, 0.05) is 30.1 Å². The van der Waals surface area contributed by atoms with Crippen LogP contribution < -0.4 is 0 Å². The quantitative estimate of drug-likeness (QED) is 0.571. The van der Waals surface area contributed by atoms with Crippen LogP contribution in [0.3, 0.4) is 0 Å². The van der Waals surface area contributed by atoms with E-state index < -0.39 is 10.0 Å². The third kappa shape index (κ3) is 4.15. The van der Waals surface area contributed by atoms with E-state index in [1.807, 2.05) is 31.2 Å². The van der Waals surface area contributed by atoms with Gasteiger partial charge < -0.3 is 4.52 Å². The fourth-order valence-electron chi connectivity index (χ4n) is 3.94. The smallest absolute Gasteiger partial charge is 0.243 e. The first kappa shape index (κ1) is 21.0. The first-order chi connectivity index (χ1) is 14.4. The van der Waals surface area contributed by atoms with E-state index in [2.05, 4.69) is 10.1 Å². The van der Waals surface area contributed by atoms with Gasteiger partial charge in [-0.25, -0.2) is 8.42 Å². The molecule has 1 atom stereocenters. The molecule has 0 N–H and O–H groups in total. The van der Waals surface area contributed by atoms with Crippen molar-refractivity contribution in [2.24, 2.45) is 5.92 Å². The van der Waals surface area contributed by atoms with Crippen molar-refractivity contribution < 1.29 is 12.9 Å². The van der Waals surface area contributed by atoms with Gasteiger partial charge in [-0.15, -0.1) is 0 Å². The van der Waals surface area contributed by atoms with Crippen molar-refractivity contribution >= 4 is 21.6 Å². The van der Waals surface area contributed by atoms with Crippen molar-refractivity contribution in [2.45, 2.75) is 38.0 Å². The molecule has 0 aliphatic carbocycles. The molecule has 1 aromatic heterocycles. The number of rotatable bonds is 5. The highest BCUT2D eigenvalue weighted by Gasteiger charge is 2.32. The standard InChI is InChI=1S/C22H24ClN3O3S/c1-15-7-3-4-9-18(15)22-24-21(29-25-22)13-17-8-6-12-26(14-17)30(27,28)20-11-5-10-19(23)16(20)2/h3-5,7,9-11,17H,6,8,12-14H2,1-2H3. The third-order valence-electron chi connectivity index (χ3n) is 5.63. The fraction of sp³-hybridized carbons (Fsp3) is 0.364. The maximum absolute atomic E-state index is 13.2. The Morgan fingerprint density at radius 2 is 1.97 bits per heavy atom. The van der Waals surface area contributed by atoms with Crippen molar-refractivity contribution in [1.29, 1.82) is 0 Å². The number of nitrogens with zero attached hydrogens (tertiary/aromatic N) is 3. The summed E-state index contributed by atoms with van der Waals surface area (Å²) in [5.41, 5.74) is 2.61. The molecular weight excluding hydrogens is 422 g/mol. The average molecular weight is 446 g/mol. The van der Waals surface area contributed by atoms with E-state index in [0.29, 0.717) is 41.8 Å². The van der Waals surface area contributed by atoms with E-state index in [1.54, 1.807) is 29.4 Å². The second-order valence-corrected chi connectivity index (χ2v) is 10.1. The Hall–Kier alpha value is -2.22. The monoisotopic (exact) mass is 445 g/mol. The number of sulfonamides is 1. The van der Waals surface area contributed by atoms with Gasteiger partial charge in [-0.2, -0.15) is 9.29 Å². The fourth-order valence-corrected chi connectivity index (χ4v) is 5.97. The van der Waals surface area contributed by atoms with Crippen molar-refractivity contribution in [1.82, 2.24) is 14.4 Å². The lowest BCUT2D eigenvalue weighted by molar-refractivity contribution is 0.247. The topological polar surface area (TPSA) is 76.3 Å². The summed E-state index contributed by atoms with van der Waals surface area (Å²) in [6.07, 6.45) is 2.27. The molecule has 30 heavy (non-hydrogen) atoms. The minimum Gasteiger partial charge on any atom is -0.339 e. The maximum Gasteiger partial charge on any atom is 0.243 e. The largest absolute Gasteiger partial charge is 0.339 e. The Morgan fingerprint density at radius 3 is 2.77 bits per heavy atom. The summed E-state index contributed by atoms with van der Waals surface area (Å²) in [7, 11) is -3.60. The second-order valence-electron chi connectivity index (χ2n) is 7.77. The van der Waals surface area contributed by atoms with Crippen LogP contribution in [-0.2, 0) is 16.4 Å². The van der Waals surface area contributed by atoms with Crippen molar-refractivity contribution in [2.75, 3.05) is 13.1 Å². The minimum absolute atomic E-state index is 0.123. The second kappa shape index (κ2) is 8.49. The molecule has 0 radical (unpaired) electrons. The number of halogens is 1. The average Bonchev–Trinajstić information content (AvgIpc) is 3.18. The molecule has 0 amide bonds. The summed E-state index contributed by atoms with van der Waals surface area (Å²) < 4.78 is 33.4. The van der Waals surface area contributed by atoms with Crippen molar-refractivity contribution in [3.63, 3.8) is 0 Å². The van der Waals surface area contributed by atoms with E-state index in [0.717, 1.165) is 24.0 Å². The first-order valence-electron chi connectivity index (χ1n) is 10.00. The van der Waals surface area contributed by atoms with Crippen LogP contribution in [0.1, 0.15) is 29.9 Å². The van der Waals surface area contributed by atoms with Crippen molar-refractivity contribution in [3.8, 4) is 11.4 Å². The highest BCUT2D eigenvalue weighted by atomic mass is 35.5. The Bertz CT molecular complexity index is 1160. The third-order valence-corrected chi connectivity index (χ3v) is 8.05. The molecule has 2 heterocycles. The molecule has 0 spiro atoms. The van der Waals surface area contributed by atoms with Gasteiger partial charge >= 0.3 is 0 Å². The normalized spacial score (nSPS) is 17.9. The van der Waals surface area contributed by atoms with E-state index >= 15 is 0 Å². The van der Waals surface area contributed by atoms with Gasteiger partial charge in [0.25, 0.3) is 0 Å². The number of aromatic nitrogens is 2. The summed E-state index contributed by atoms with van der Waals surface area (Å²) in [6.45, 7) is 4.68. The number of aryl methyl sites for hydroxylation is 1. The van der Waals surface area contributed by atoms with Crippen molar-refractivity contribution in [3.05, 3.63) is 64.5 Å². The Labute approximate surface area is 181 Å². The number of hydrogen-bond donors (Lipinski definition) is 0. The molecule has 3 aromatic rings. The van der Waals surface area contributed by atoms with E-state index in [1.165, 1.54) is 0 Å². The minimum atomic E-state index is -3.60. The summed E-state index contributed by atoms with van der Waals surface area (Å²) in [5, 5.41) is 4.57. The van der Waals surface area contributed by atoms with Crippen LogP contribution >= 0.6 is 11.6 Å². The van der Waals surface area contributed by atoms with Crippen LogP contribution in [0.5, 0.6) is 0 Å². The number of benzene rings is 2. The van der Waals surface area contributed by atoms with Gasteiger partial charge in [-0.3, -0.25) is 0 Å². The zero-order chi connectivity index (χ0) is 21.3. The molecule has 1 unspecified atom stereocenters. The Morgan fingerprint density at radius 1 is 1.17 bits per heavy atom. The zero-order valence-corrected chi connectivity index (χ0v) is 18.6. The molecule has 8 heteroatoms. The predicted molar refractivity (Wildman–Crippen MR) is 116 cm³/mol. The molecule has 2 aromatic carbocycles. The van der Waals surface area contributed by atoms with Crippen LogP contribution in [0.25, 0.3) is 11.4 Å². The number of piperidine rings is 1. The summed E-state index contributed by atoms with van der Waals surface area (Å²) in [6, 6.07) is 12.9. The Kier molecular flexibility index (Phi) is 5.95. The lowest BCUT2D eigenvalue weighted by Gasteiger charge is -2.31. The molecule has 0 bridgehead atoms. The maximum atomic E-state index is 13.2. The van der Waals surface area contributed by atoms with Crippen LogP contribution in [0.15, 0.2) is 51.9 Å². The lowest BCUT2D eigenvalue weighted by atomic mass is 9.96.